The molecular weight excluding hydrogens is 492 g/mol. The molecule has 0 aliphatic heterocycles. The van der Waals surface area contributed by atoms with E-state index in [1.807, 2.05) is 12.1 Å². The number of ether oxygens (including phenoxy) is 5. The van der Waals surface area contributed by atoms with Gasteiger partial charge in [0.15, 0.2) is 18.1 Å². The lowest BCUT2D eigenvalue weighted by Crippen LogP contribution is -2.21. The van der Waals surface area contributed by atoms with Crippen LogP contribution in [0.2, 0.25) is 0 Å². The molecule has 3 aromatic rings. The predicted octanol–water partition coefficient (Wildman–Crippen LogP) is 4.80. The van der Waals surface area contributed by atoms with Crippen LogP contribution in [0, 0.1) is 0 Å². The third kappa shape index (κ3) is 8.44. The molecular formula is C28H30N2O8. The third-order valence-corrected chi connectivity index (χ3v) is 5.27. The average Bonchev–Trinajstić information content (AvgIpc) is 2.93. The second-order valence-corrected chi connectivity index (χ2v) is 7.95. The lowest BCUT2D eigenvalue weighted by Gasteiger charge is -2.12. The molecule has 200 valence electrons. The van der Waals surface area contributed by atoms with E-state index in [-0.39, 0.29) is 25.2 Å². The second-order valence-electron chi connectivity index (χ2n) is 7.95. The van der Waals surface area contributed by atoms with Gasteiger partial charge in [-0.15, -0.1) is 0 Å². The maximum absolute atomic E-state index is 12.2. The average molecular weight is 523 g/mol. The minimum Gasteiger partial charge on any atom is -0.497 e. The van der Waals surface area contributed by atoms with Gasteiger partial charge in [-0.05, 0) is 55.0 Å². The number of hydrogen-bond donors (Lipinski definition) is 2. The van der Waals surface area contributed by atoms with Crippen molar-refractivity contribution in [3.05, 3.63) is 66.7 Å². The van der Waals surface area contributed by atoms with E-state index in [0.717, 1.165) is 0 Å². The Morgan fingerprint density at radius 1 is 0.684 bits per heavy atom. The van der Waals surface area contributed by atoms with E-state index in [9.17, 15) is 14.4 Å². The van der Waals surface area contributed by atoms with Crippen LogP contribution in [0.4, 0.5) is 11.4 Å². The first-order chi connectivity index (χ1) is 18.4. The van der Waals surface area contributed by atoms with Gasteiger partial charge in [-0.1, -0.05) is 12.1 Å². The highest BCUT2D eigenvalue weighted by molar-refractivity contribution is 5.94. The largest absolute Gasteiger partial charge is 0.497 e. The minimum absolute atomic E-state index is 0.00174. The van der Waals surface area contributed by atoms with Gasteiger partial charge in [-0.25, -0.2) is 0 Å². The molecule has 38 heavy (non-hydrogen) atoms. The standard InChI is InChI=1S/C28H30N2O8/c1-34-21-15-16-22(25(17-21)36-3)30-27(32)18-37-28(33)10-6-9-26(31)29-19-11-13-20(14-12-19)38-24-8-5-4-7-23(24)35-2/h4-5,7-8,11-17H,6,9-10,18H2,1-3H3,(H,29,31)(H,30,32). The number of carbonyl (C=O) groups is 3. The van der Waals surface area contributed by atoms with Crippen molar-refractivity contribution < 1.29 is 38.1 Å². The van der Waals surface area contributed by atoms with Gasteiger partial charge in [-0.2, -0.15) is 0 Å². The van der Waals surface area contributed by atoms with Crippen LogP contribution in [-0.4, -0.2) is 45.7 Å². The van der Waals surface area contributed by atoms with Crippen molar-refractivity contribution in [2.75, 3.05) is 38.6 Å². The Morgan fingerprint density at radius 3 is 2.05 bits per heavy atom. The fourth-order valence-corrected chi connectivity index (χ4v) is 3.36. The molecule has 2 amide bonds. The Labute approximate surface area is 220 Å². The van der Waals surface area contributed by atoms with Gasteiger partial charge in [0.2, 0.25) is 5.91 Å². The number of hydrogen-bond acceptors (Lipinski definition) is 8. The molecule has 0 radical (unpaired) electrons. The highest BCUT2D eigenvalue weighted by atomic mass is 16.5. The number of benzene rings is 3. The normalized spacial score (nSPS) is 10.2. The predicted molar refractivity (Wildman–Crippen MR) is 141 cm³/mol. The number of amides is 2. The van der Waals surface area contributed by atoms with Crippen molar-refractivity contribution in [2.24, 2.45) is 0 Å². The van der Waals surface area contributed by atoms with E-state index in [1.54, 1.807) is 61.7 Å². The summed E-state index contributed by atoms with van der Waals surface area (Å²) < 4.78 is 26.4. The minimum atomic E-state index is -0.576. The molecule has 10 nitrogen and oxygen atoms in total. The summed E-state index contributed by atoms with van der Waals surface area (Å²) in [6, 6.07) is 19.1. The summed E-state index contributed by atoms with van der Waals surface area (Å²) in [5.74, 6) is 1.42. The molecule has 3 rings (SSSR count). The molecule has 0 spiro atoms. The Balaban J connectivity index is 1.36. The Hall–Kier alpha value is -4.73. The molecule has 0 fully saturated rings. The molecule has 0 saturated heterocycles. The van der Waals surface area contributed by atoms with Crippen LogP contribution < -0.4 is 29.6 Å². The Morgan fingerprint density at radius 2 is 1.37 bits per heavy atom. The van der Waals surface area contributed by atoms with E-state index in [0.29, 0.717) is 40.1 Å². The second kappa shape index (κ2) is 14.1. The number of para-hydroxylation sites is 2. The summed E-state index contributed by atoms with van der Waals surface area (Å²) in [5, 5.41) is 5.39. The first-order valence-corrected chi connectivity index (χ1v) is 11.8. The van der Waals surface area contributed by atoms with Gasteiger partial charge in [0.05, 0.1) is 27.0 Å². The number of anilines is 2. The fourth-order valence-electron chi connectivity index (χ4n) is 3.36. The molecule has 0 aliphatic carbocycles. The number of methoxy groups -OCH3 is 3. The van der Waals surface area contributed by atoms with Crippen molar-refractivity contribution in [3.63, 3.8) is 0 Å². The zero-order valence-electron chi connectivity index (χ0n) is 21.4. The number of rotatable bonds is 13. The van der Waals surface area contributed by atoms with Crippen LogP contribution in [0.3, 0.4) is 0 Å². The zero-order chi connectivity index (χ0) is 27.3. The quantitative estimate of drug-likeness (QED) is 0.307. The molecule has 0 aromatic heterocycles. The summed E-state index contributed by atoms with van der Waals surface area (Å²) in [4.78, 5) is 36.3. The van der Waals surface area contributed by atoms with Gasteiger partial charge < -0.3 is 34.3 Å². The van der Waals surface area contributed by atoms with Crippen molar-refractivity contribution >= 4 is 29.2 Å². The molecule has 0 unspecified atom stereocenters. The monoisotopic (exact) mass is 522 g/mol. The van der Waals surface area contributed by atoms with E-state index < -0.39 is 18.5 Å². The molecule has 0 atom stereocenters. The van der Waals surface area contributed by atoms with Gasteiger partial charge in [0, 0.05) is 24.6 Å². The smallest absolute Gasteiger partial charge is 0.306 e. The Kier molecular flexibility index (Phi) is 10.3. The number of nitrogens with one attached hydrogen (secondary N) is 2. The van der Waals surface area contributed by atoms with Gasteiger partial charge in [0.25, 0.3) is 5.91 Å². The number of esters is 1. The summed E-state index contributed by atoms with van der Waals surface area (Å²) >= 11 is 0. The summed E-state index contributed by atoms with van der Waals surface area (Å²) in [7, 11) is 4.56. The molecule has 0 heterocycles. The van der Waals surface area contributed by atoms with Crippen LogP contribution in [0.1, 0.15) is 19.3 Å². The molecule has 2 N–H and O–H groups in total. The topological polar surface area (TPSA) is 121 Å². The molecule has 0 bridgehead atoms. The lowest BCUT2D eigenvalue weighted by atomic mass is 10.2. The summed E-state index contributed by atoms with van der Waals surface area (Å²) in [6.45, 7) is -0.455. The van der Waals surface area contributed by atoms with E-state index in [4.69, 9.17) is 23.7 Å². The maximum Gasteiger partial charge on any atom is 0.306 e. The first kappa shape index (κ1) is 27.9. The van der Waals surface area contributed by atoms with Crippen LogP contribution in [0.25, 0.3) is 0 Å². The lowest BCUT2D eigenvalue weighted by molar-refractivity contribution is -0.147. The van der Waals surface area contributed by atoms with E-state index in [1.165, 1.54) is 14.2 Å². The molecule has 3 aromatic carbocycles. The molecule has 10 heteroatoms. The third-order valence-electron chi connectivity index (χ3n) is 5.27. The van der Waals surface area contributed by atoms with Crippen molar-refractivity contribution in [1.82, 2.24) is 0 Å². The molecule has 0 aliphatic rings. The van der Waals surface area contributed by atoms with Gasteiger partial charge in [0.1, 0.15) is 17.2 Å². The zero-order valence-corrected chi connectivity index (χ0v) is 21.4. The van der Waals surface area contributed by atoms with Crippen LogP contribution in [0.15, 0.2) is 66.7 Å². The highest BCUT2D eigenvalue weighted by Gasteiger charge is 2.12. The highest BCUT2D eigenvalue weighted by Crippen LogP contribution is 2.31. The molecule has 0 saturated carbocycles. The van der Waals surface area contributed by atoms with Crippen LogP contribution in [-0.2, 0) is 19.1 Å². The van der Waals surface area contributed by atoms with E-state index >= 15 is 0 Å². The van der Waals surface area contributed by atoms with Crippen LogP contribution >= 0.6 is 0 Å². The fraction of sp³-hybridized carbons (Fsp3) is 0.250. The van der Waals surface area contributed by atoms with Crippen molar-refractivity contribution in [3.8, 4) is 28.7 Å². The number of carbonyl (C=O) groups excluding carboxylic acids is 3. The van der Waals surface area contributed by atoms with Gasteiger partial charge in [-0.3, -0.25) is 14.4 Å². The van der Waals surface area contributed by atoms with Crippen LogP contribution in [0.5, 0.6) is 28.7 Å². The van der Waals surface area contributed by atoms with Crippen molar-refractivity contribution in [2.45, 2.75) is 19.3 Å². The summed E-state index contributed by atoms with van der Waals surface area (Å²) in [5.41, 5.74) is 1.01. The summed E-state index contributed by atoms with van der Waals surface area (Å²) in [6.07, 6.45) is 0.385. The SMILES string of the molecule is COc1ccc(NC(=O)COC(=O)CCCC(=O)Nc2ccc(Oc3ccccc3OC)cc2)c(OC)c1. The Bertz CT molecular complexity index is 1240. The maximum atomic E-state index is 12.2. The van der Waals surface area contributed by atoms with Crippen molar-refractivity contribution in [1.29, 1.82) is 0 Å². The van der Waals surface area contributed by atoms with E-state index in [2.05, 4.69) is 10.6 Å². The first-order valence-electron chi connectivity index (χ1n) is 11.8. The van der Waals surface area contributed by atoms with Gasteiger partial charge >= 0.3 is 5.97 Å².